The second kappa shape index (κ2) is 9.07. The van der Waals surface area contributed by atoms with E-state index in [0.717, 1.165) is 12.1 Å². The van der Waals surface area contributed by atoms with Gasteiger partial charge in [-0.15, -0.1) is 13.2 Å². The number of alkyl halides is 3. The van der Waals surface area contributed by atoms with E-state index in [0.29, 0.717) is 5.69 Å². The first kappa shape index (κ1) is 21.7. The summed E-state index contributed by atoms with van der Waals surface area (Å²) >= 11 is 0. The maximum atomic E-state index is 12.4. The highest BCUT2D eigenvalue weighted by Gasteiger charge is 2.31. The number of sulfonamides is 1. The number of rotatable bonds is 8. The Hall–Kier alpha value is -2.59. The fraction of sp³-hybridized carbons (Fsp3) is 0.278. The van der Waals surface area contributed by atoms with Gasteiger partial charge in [0.05, 0.1) is 4.90 Å². The van der Waals surface area contributed by atoms with Crippen molar-refractivity contribution in [1.29, 1.82) is 0 Å². The van der Waals surface area contributed by atoms with E-state index in [1.165, 1.54) is 35.6 Å². The highest BCUT2D eigenvalue weighted by atomic mass is 32.2. The van der Waals surface area contributed by atoms with Crippen LogP contribution in [0, 0.1) is 0 Å². The smallest absolute Gasteiger partial charge is 0.406 e. The van der Waals surface area contributed by atoms with E-state index in [9.17, 15) is 26.4 Å². The number of hydrogen-bond acceptors (Lipinski definition) is 4. The maximum absolute atomic E-state index is 12.4. The summed E-state index contributed by atoms with van der Waals surface area (Å²) in [6.07, 6.45) is -4.45. The lowest BCUT2D eigenvalue weighted by atomic mass is 10.2. The summed E-state index contributed by atoms with van der Waals surface area (Å²) in [5, 5.41) is 2.53. The lowest BCUT2D eigenvalue weighted by Crippen LogP contribution is -2.28. The molecule has 0 unspecified atom stereocenters. The van der Waals surface area contributed by atoms with Gasteiger partial charge in [0, 0.05) is 25.7 Å². The largest absolute Gasteiger partial charge is 0.573 e. The first-order valence-corrected chi connectivity index (χ1v) is 9.69. The quantitative estimate of drug-likeness (QED) is 0.713. The van der Waals surface area contributed by atoms with Gasteiger partial charge in [0.15, 0.2) is 0 Å². The molecule has 0 aliphatic carbocycles. The standard InChI is InChI=1S/C18H19F3N2O4S/c1-23(28(25,26)16-6-3-2-4-7-16)13-5-8-17(24)22-14-9-11-15(12-10-14)27-18(19,20)21/h2-4,6-7,9-12H,5,8,13H2,1H3,(H,22,24). The monoisotopic (exact) mass is 416 g/mol. The van der Waals surface area contributed by atoms with Gasteiger partial charge in [-0.1, -0.05) is 18.2 Å². The molecule has 0 bridgehead atoms. The summed E-state index contributed by atoms with van der Waals surface area (Å²) in [5.41, 5.74) is 0.310. The van der Waals surface area contributed by atoms with Gasteiger partial charge >= 0.3 is 6.36 Å². The number of carbonyl (C=O) groups is 1. The molecule has 6 nitrogen and oxygen atoms in total. The molecule has 0 aliphatic heterocycles. The minimum atomic E-state index is -4.78. The van der Waals surface area contributed by atoms with Gasteiger partial charge in [-0.05, 0) is 42.8 Å². The van der Waals surface area contributed by atoms with Gasteiger partial charge in [-0.2, -0.15) is 0 Å². The zero-order valence-electron chi connectivity index (χ0n) is 14.9. The van der Waals surface area contributed by atoms with E-state index in [4.69, 9.17) is 0 Å². The number of anilines is 1. The third-order valence-electron chi connectivity index (χ3n) is 3.70. The van der Waals surface area contributed by atoms with Crippen LogP contribution in [0.2, 0.25) is 0 Å². The van der Waals surface area contributed by atoms with Gasteiger partial charge in [0.25, 0.3) is 0 Å². The van der Waals surface area contributed by atoms with Crippen LogP contribution in [0.25, 0.3) is 0 Å². The Morgan fingerprint density at radius 1 is 1.07 bits per heavy atom. The Morgan fingerprint density at radius 2 is 1.68 bits per heavy atom. The van der Waals surface area contributed by atoms with Gasteiger partial charge in [0.2, 0.25) is 15.9 Å². The number of nitrogens with one attached hydrogen (secondary N) is 1. The number of nitrogens with zero attached hydrogens (tertiary/aromatic N) is 1. The van der Waals surface area contributed by atoms with Crippen molar-refractivity contribution in [2.24, 2.45) is 0 Å². The average molecular weight is 416 g/mol. The first-order chi connectivity index (χ1) is 13.1. The Morgan fingerprint density at radius 3 is 2.25 bits per heavy atom. The summed E-state index contributed by atoms with van der Waals surface area (Å²) in [4.78, 5) is 12.1. The van der Waals surface area contributed by atoms with E-state index >= 15 is 0 Å². The van der Waals surface area contributed by atoms with Crippen LogP contribution in [0.1, 0.15) is 12.8 Å². The minimum absolute atomic E-state index is 0.0510. The van der Waals surface area contributed by atoms with Crippen molar-refractivity contribution in [2.45, 2.75) is 24.1 Å². The van der Waals surface area contributed by atoms with Crippen molar-refractivity contribution >= 4 is 21.6 Å². The van der Waals surface area contributed by atoms with E-state index < -0.39 is 22.1 Å². The van der Waals surface area contributed by atoms with Crippen molar-refractivity contribution in [3.63, 3.8) is 0 Å². The topological polar surface area (TPSA) is 75.7 Å². The summed E-state index contributed by atoms with van der Waals surface area (Å²) < 4.78 is 66.0. The molecular weight excluding hydrogens is 397 g/mol. The Balaban J connectivity index is 1.81. The third-order valence-corrected chi connectivity index (χ3v) is 5.57. The zero-order valence-corrected chi connectivity index (χ0v) is 15.8. The SMILES string of the molecule is CN(CCCC(=O)Nc1ccc(OC(F)(F)F)cc1)S(=O)(=O)c1ccccc1. The van der Waals surface area contributed by atoms with Crippen LogP contribution in [0.3, 0.4) is 0 Å². The van der Waals surface area contributed by atoms with Crippen LogP contribution in [-0.2, 0) is 14.8 Å². The number of halogens is 3. The number of amides is 1. The van der Waals surface area contributed by atoms with E-state index in [1.54, 1.807) is 18.2 Å². The van der Waals surface area contributed by atoms with Crippen LogP contribution in [0.4, 0.5) is 18.9 Å². The predicted octanol–water partition coefficient (Wildman–Crippen LogP) is 3.62. The molecule has 28 heavy (non-hydrogen) atoms. The van der Waals surface area contributed by atoms with Gasteiger partial charge in [-0.25, -0.2) is 12.7 Å². The molecule has 2 aromatic rings. The van der Waals surface area contributed by atoms with Gasteiger partial charge in [0.1, 0.15) is 5.75 Å². The van der Waals surface area contributed by atoms with E-state index in [-0.39, 0.29) is 30.2 Å². The normalized spacial score (nSPS) is 12.0. The van der Waals surface area contributed by atoms with E-state index in [1.807, 2.05) is 0 Å². The van der Waals surface area contributed by atoms with Gasteiger partial charge < -0.3 is 10.1 Å². The molecule has 0 aliphatic rings. The predicted molar refractivity (Wildman–Crippen MR) is 97.2 cm³/mol. The molecule has 0 heterocycles. The molecule has 2 rings (SSSR count). The highest BCUT2D eigenvalue weighted by molar-refractivity contribution is 7.89. The van der Waals surface area contributed by atoms with E-state index in [2.05, 4.69) is 10.1 Å². The average Bonchev–Trinajstić information content (AvgIpc) is 2.62. The van der Waals surface area contributed by atoms with Crippen molar-refractivity contribution < 1.29 is 31.1 Å². The minimum Gasteiger partial charge on any atom is -0.406 e. The molecule has 0 aromatic heterocycles. The van der Waals surface area contributed by atoms with Crippen molar-refractivity contribution in [3.05, 3.63) is 54.6 Å². The number of hydrogen-bond donors (Lipinski definition) is 1. The Labute approximate surface area is 161 Å². The third kappa shape index (κ3) is 6.54. The summed E-state index contributed by atoms with van der Waals surface area (Å²) in [6, 6.07) is 12.7. The number of carbonyl (C=O) groups excluding carboxylic acids is 1. The Bertz CT molecular complexity index is 885. The molecule has 1 N–H and O–H groups in total. The van der Waals surface area contributed by atoms with Crippen LogP contribution in [0.5, 0.6) is 5.75 Å². The number of ether oxygens (including phenoxy) is 1. The fourth-order valence-electron chi connectivity index (χ4n) is 2.32. The molecule has 1 amide bonds. The zero-order chi connectivity index (χ0) is 20.8. The molecular formula is C18H19F3N2O4S. The molecule has 0 fully saturated rings. The van der Waals surface area contributed by atoms with Crippen LogP contribution < -0.4 is 10.1 Å². The summed E-state index contributed by atoms with van der Waals surface area (Å²) in [5.74, 6) is -0.770. The molecule has 152 valence electrons. The second-order valence-corrected chi connectivity index (χ2v) is 7.91. The number of benzene rings is 2. The maximum Gasteiger partial charge on any atom is 0.573 e. The summed E-state index contributed by atoms with van der Waals surface area (Å²) in [6.45, 7) is 0.142. The van der Waals surface area contributed by atoms with Crippen LogP contribution in [0.15, 0.2) is 59.5 Å². The molecule has 2 aromatic carbocycles. The van der Waals surface area contributed by atoms with Gasteiger partial charge in [-0.3, -0.25) is 4.79 Å². The summed E-state index contributed by atoms with van der Waals surface area (Å²) in [7, 11) is -2.19. The van der Waals surface area contributed by atoms with Crippen molar-refractivity contribution in [1.82, 2.24) is 4.31 Å². The van der Waals surface area contributed by atoms with Crippen LogP contribution in [-0.4, -0.2) is 38.6 Å². The van der Waals surface area contributed by atoms with Crippen molar-refractivity contribution in [2.75, 3.05) is 18.9 Å². The lowest BCUT2D eigenvalue weighted by molar-refractivity contribution is -0.274. The molecule has 0 saturated carbocycles. The molecule has 0 saturated heterocycles. The lowest BCUT2D eigenvalue weighted by Gasteiger charge is -2.17. The molecule has 0 atom stereocenters. The Kier molecular flexibility index (Phi) is 7.03. The second-order valence-electron chi connectivity index (χ2n) is 5.86. The first-order valence-electron chi connectivity index (χ1n) is 8.25. The molecule has 0 radical (unpaired) electrons. The molecule has 10 heteroatoms. The fourth-order valence-corrected chi connectivity index (χ4v) is 3.55. The molecule has 0 spiro atoms. The highest BCUT2D eigenvalue weighted by Crippen LogP contribution is 2.24. The van der Waals surface area contributed by atoms with Crippen LogP contribution >= 0.6 is 0 Å². The van der Waals surface area contributed by atoms with Crippen molar-refractivity contribution in [3.8, 4) is 5.75 Å².